The van der Waals surface area contributed by atoms with Crippen LogP contribution in [0.4, 0.5) is 0 Å². The Labute approximate surface area is 170 Å². The summed E-state index contributed by atoms with van der Waals surface area (Å²) in [6.07, 6.45) is 5.40. The fraction of sp³-hybridized carbons (Fsp3) is 0.455. The molecule has 1 aliphatic rings. The maximum Gasteiger partial charge on any atom is 0.253 e. The van der Waals surface area contributed by atoms with E-state index in [0.717, 1.165) is 35.9 Å². The second kappa shape index (κ2) is 8.03. The van der Waals surface area contributed by atoms with E-state index in [1.807, 2.05) is 6.20 Å². The molecule has 6 heteroatoms. The zero-order valence-corrected chi connectivity index (χ0v) is 17.5. The van der Waals surface area contributed by atoms with Crippen LogP contribution in [0.15, 0.2) is 35.6 Å². The number of hydrogen-bond acceptors (Lipinski definition) is 5. The molecular weight excluding hydrogens is 368 g/mol. The summed E-state index contributed by atoms with van der Waals surface area (Å²) in [6.45, 7) is 6.56. The average Bonchev–Trinajstić information content (AvgIpc) is 3.08. The van der Waals surface area contributed by atoms with Gasteiger partial charge in [-0.05, 0) is 35.8 Å². The Bertz CT molecular complexity index is 994. The highest BCUT2D eigenvalue weighted by atomic mass is 32.2. The second-order valence-electron chi connectivity index (χ2n) is 7.79. The van der Waals surface area contributed by atoms with Gasteiger partial charge in [-0.1, -0.05) is 63.2 Å². The Kier molecular flexibility index (Phi) is 5.49. The molecule has 0 aliphatic heterocycles. The quantitative estimate of drug-likeness (QED) is 0.432. The van der Waals surface area contributed by atoms with Crippen LogP contribution in [0.3, 0.4) is 0 Å². The molecular formula is C22H26N4OS. The van der Waals surface area contributed by atoms with Crippen molar-refractivity contribution < 1.29 is 4.79 Å². The number of Topliss-reactive ketones (excluding diaryl/α,β-unsaturated/α-hetero) is 1. The van der Waals surface area contributed by atoms with Crippen LogP contribution in [0, 0.1) is 0 Å². The van der Waals surface area contributed by atoms with Crippen LogP contribution >= 0.6 is 11.8 Å². The summed E-state index contributed by atoms with van der Waals surface area (Å²) in [4.78, 5) is 22.0. The number of aromatic nitrogens is 4. The summed E-state index contributed by atoms with van der Waals surface area (Å²) in [6, 6.07) is 8.68. The van der Waals surface area contributed by atoms with E-state index in [9.17, 15) is 4.79 Å². The number of unbranched alkanes of at least 4 members (excludes halogenated alkanes) is 1. The van der Waals surface area contributed by atoms with Crippen molar-refractivity contribution in [3.05, 3.63) is 52.8 Å². The topological polar surface area (TPSA) is 60.1 Å². The Morgan fingerprint density at radius 1 is 1.18 bits per heavy atom. The van der Waals surface area contributed by atoms with Gasteiger partial charge in [0.2, 0.25) is 5.16 Å². The highest BCUT2D eigenvalue weighted by Crippen LogP contribution is 2.32. The molecule has 1 aromatic carbocycles. The predicted octanol–water partition coefficient (Wildman–Crippen LogP) is 5.05. The van der Waals surface area contributed by atoms with E-state index in [0.29, 0.717) is 23.7 Å². The summed E-state index contributed by atoms with van der Waals surface area (Å²) in [5, 5.41) is 5.22. The Morgan fingerprint density at radius 2 is 1.96 bits per heavy atom. The first-order chi connectivity index (χ1) is 13.5. The van der Waals surface area contributed by atoms with Gasteiger partial charge in [0.15, 0.2) is 5.78 Å². The molecule has 0 amide bonds. The van der Waals surface area contributed by atoms with Crippen molar-refractivity contribution in [2.45, 2.75) is 63.4 Å². The summed E-state index contributed by atoms with van der Waals surface area (Å²) in [7, 11) is 0. The van der Waals surface area contributed by atoms with Gasteiger partial charge in [-0.2, -0.15) is 4.98 Å². The molecule has 0 saturated heterocycles. The molecule has 0 unspecified atom stereocenters. The molecule has 146 valence electrons. The number of thioether (sulfide) groups is 1. The normalized spacial score (nSPS) is 16.7. The second-order valence-corrected chi connectivity index (χ2v) is 8.85. The van der Waals surface area contributed by atoms with Gasteiger partial charge >= 0.3 is 0 Å². The number of ketones is 1. The number of fused-ring (bicyclic) bond motifs is 2. The van der Waals surface area contributed by atoms with Gasteiger partial charge in [0, 0.05) is 18.4 Å². The smallest absolute Gasteiger partial charge is 0.253 e. The van der Waals surface area contributed by atoms with Crippen molar-refractivity contribution in [1.82, 2.24) is 19.6 Å². The molecule has 1 atom stereocenters. The van der Waals surface area contributed by atoms with Crippen molar-refractivity contribution in [2.75, 3.05) is 5.75 Å². The zero-order valence-electron chi connectivity index (χ0n) is 16.7. The molecule has 5 nitrogen and oxygen atoms in total. The van der Waals surface area contributed by atoms with Crippen LogP contribution in [0.5, 0.6) is 0 Å². The van der Waals surface area contributed by atoms with Crippen molar-refractivity contribution in [3.8, 4) is 0 Å². The standard InChI is InChI=1S/C22H26N4OS/c1-4-5-10-28-22-24-21-23-19-11-17(12-20(27)18(19)13-26(21)25-22)16-8-6-15(7-9-16)14(2)3/h6-9,13-14,17H,4-5,10-12H2,1-3H3/t17-/m0/s1. The van der Waals surface area contributed by atoms with Crippen molar-refractivity contribution in [3.63, 3.8) is 0 Å². The molecule has 1 aliphatic carbocycles. The lowest BCUT2D eigenvalue weighted by Gasteiger charge is -2.23. The molecule has 0 bridgehead atoms. The van der Waals surface area contributed by atoms with Crippen LogP contribution in [0.25, 0.3) is 5.78 Å². The first-order valence-corrected chi connectivity index (χ1v) is 11.1. The van der Waals surface area contributed by atoms with Gasteiger partial charge in [0.1, 0.15) is 0 Å². The highest BCUT2D eigenvalue weighted by Gasteiger charge is 2.28. The minimum atomic E-state index is 0.143. The van der Waals surface area contributed by atoms with Crippen LogP contribution in [0.2, 0.25) is 0 Å². The number of hydrogen-bond donors (Lipinski definition) is 0. The zero-order chi connectivity index (χ0) is 19.7. The van der Waals surface area contributed by atoms with E-state index in [4.69, 9.17) is 4.98 Å². The van der Waals surface area contributed by atoms with Crippen LogP contribution in [-0.2, 0) is 6.42 Å². The van der Waals surface area contributed by atoms with E-state index in [-0.39, 0.29) is 11.7 Å². The van der Waals surface area contributed by atoms with Gasteiger partial charge in [-0.25, -0.2) is 9.50 Å². The van der Waals surface area contributed by atoms with Crippen LogP contribution in [-0.4, -0.2) is 31.1 Å². The van der Waals surface area contributed by atoms with Gasteiger partial charge in [-0.15, -0.1) is 5.10 Å². The fourth-order valence-corrected chi connectivity index (χ4v) is 4.53. The van der Waals surface area contributed by atoms with E-state index in [1.165, 1.54) is 11.1 Å². The Morgan fingerprint density at radius 3 is 2.68 bits per heavy atom. The van der Waals surface area contributed by atoms with Gasteiger partial charge in [0.05, 0.1) is 11.3 Å². The first-order valence-electron chi connectivity index (χ1n) is 10.1. The summed E-state index contributed by atoms with van der Waals surface area (Å²) in [5.41, 5.74) is 4.07. The lowest BCUT2D eigenvalue weighted by molar-refractivity contribution is 0.0962. The Hall–Kier alpha value is -2.21. The largest absolute Gasteiger partial charge is 0.294 e. The number of carbonyl (C=O) groups excluding carboxylic acids is 1. The molecule has 2 aromatic heterocycles. The van der Waals surface area contributed by atoms with Gasteiger partial charge in [-0.3, -0.25) is 4.79 Å². The predicted molar refractivity (Wildman–Crippen MR) is 112 cm³/mol. The fourth-order valence-electron chi connectivity index (χ4n) is 3.62. The van der Waals surface area contributed by atoms with E-state index in [2.05, 4.69) is 55.1 Å². The SMILES string of the molecule is CCCCSc1nc2nc3c(cn2n1)C(=O)C[C@@H](c1ccc(C(C)C)cc1)C3. The molecule has 0 N–H and O–H groups in total. The van der Waals surface area contributed by atoms with Crippen LogP contribution < -0.4 is 0 Å². The maximum atomic E-state index is 12.8. The third-order valence-electron chi connectivity index (χ3n) is 5.37. The Balaban J connectivity index is 1.59. The van der Waals surface area contributed by atoms with E-state index in [1.54, 1.807) is 16.3 Å². The lowest BCUT2D eigenvalue weighted by atomic mass is 9.81. The average molecular weight is 395 g/mol. The molecule has 28 heavy (non-hydrogen) atoms. The number of carbonyl (C=O) groups is 1. The summed E-state index contributed by atoms with van der Waals surface area (Å²) < 4.78 is 1.66. The van der Waals surface area contributed by atoms with E-state index < -0.39 is 0 Å². The van der Waals surface area contributed by atoms with Crippen LogP contribution in [0.1, 0.15) is 79.0 Å². The van der Waals surface area contributed by atoms with Crippen molar-refractivity contribution in [2.24, 2.45) is 0 Å². The monoisotopic (exact) mass is 394 g/mol. The maximum absolute atomic E-state index is 12.8. The molecule has 4 rings (SSSR count). The number of rotatable bonds is 6. The number of nitrogens with zero attached hydrogens (tertiary/aromatic N) is 4. The molecule has 0 fully saturated rings. The third-order valence-corrected chi connectivity index (χ3v) is 6.29. The number of benzene rings is 1. The highest BCUT2D eigenvalue weighted by molar-refractivity contribution is 7.99. The minimum absolute atomic E-state index is 0.143. The third kappa shape index (κ3) is 3.83. The van der Waals surface area contributed by atoms with Crippen molar-refractivity contribution in [1.29, 1.82) is 0 Å². The molecule has 3 aromatic rings. The first kappa shape index (κ1) is 19.1. The summed E-state index contributed by atoms with van der Waals surface area (Å²) in [5.74, 6) is 2.42. The molecule has 2 heterocycles. The minimum Gasteiger partial charge on any atom is -0.294 e. The summed E-state index contributed by atoms with van der Waals surface area (Å²) >= 11 is 1.65. The van der Waals surface area contributed by atoms with Gasteiger partial charge < -0.3 is 0 Å². The molecule has 0 spiro atoms. The van der Waals surface area contributed by atoms with Gasteiger partial charge in [0.25, 0.3) is 5.78 Å². The molecule has 0 saturated carbocycles. The van der Waals surface area contributed by atoms with Crippen molar-refractivity contribution >= 4 is 23.3 Å². The van der Waals surface area contributed by atoms with E-state index >= 15 is 0 Å². The molecule has 0 radical (unpaired) electrons. The lowest BCUT2D eigenvalue weighted by Crippen LogP contribution is -2.21.